The van der Waals surface area contributed by atoms with Gasteiger partial charge in [0.15, 0.2) is 5.78 Å². The lowest BCUT2D eigenvalue weighted by molar-refractivity contribution is 0.102. The van der Waals surface area contributed by atoms with Gasteiger partial charge < -0.3 is 0 Å². The summed E-state index contributed by atoms with van der Waals surface area (Å²) in [5.74, 6) is 0.145. The first-order valence-corrected chi connectivity index (χ1v) is 6.24. The maximum absolute atomic E-state index is 11.2. The van der Waals surface area contributed by atoms with Crippen molar-refractivity contribution >= 4 is 43.1 Å². The fourth-order valence-corrected chi connectivity index (χ4v) is 2.64. The average Bonchev–Trinajstić information content (AvgIpc) is 2.59. The van der Waals surface area contributed by atoms with E-state index in [4.69, 9.17) is 0 Å². The number of fused-ring (bicyclic) bond motifs is 1. The standard InChI is InChI=1S/C11H9BrOS/c1-7(13)11-5-9-4-8(6-12)2-3-10(9)14-11/h2-5H,6H2,1H3. The highest BCUT2D eigenvalue weighted by molar-refractivity contribution is 9.08. The smallest absolute Gasteiger partial charge is 0.169 e. The number of carbonyl (C=O) groups is 1. The molecule has 2 rings (SSSR count). The van der Waals surface area contributed by atoms with Crippen molar-refractivity contribution in [3.63, 3.8) is 0 Å². The second-order valence-electron chi connectivity index (χ2n) is 3.17. The predicted molar refractivity (Wildman–Crippen MR) is 64.5 cm³/mol. The van der Waals surface area contributed by atoms with Gasteiger partial charge in [-0.1, -0.05) is 22.0 Å². The third kappa shape index (κ3) is 1.74. The van der Waals surface area contributed by atoms with Gasteiger partial charge in [0.05, 0.1) is 4.88 Å². The molecule has 1 nitrogen and oxygen atoms in total. The van der Waals surface area contributed by atoms with E-state index < -0.39 is 0 Å². The minimum atomic E-state index is 0.145. The van der Waals surface area contributed by atoms with Crippen molar-refractivity contribution in [2.45, 2.75) is 12.3 Å². The fraction of sp³-hybridized carbons (Fsp3) is 0.182. The average molecular weight is 269 g/mol. The molecule has 0 bridgehead atoms. The zero-order chi connectivity index (χ0) is 10.1. The summed E-state index contributed by atoms with van der Waals surface area (Å²) in [6.07, 6.45) is 0. The SMILES string of the molecule is CC(=O)c1cc2cc(CBr)ccc2s1. The molecule has 0 radical (unpaired) electrons. The van der Waals surface area contributed by atoms with Gasteiger partial charge in [-0.2, -0.15) is 0 Å². The minimum Gasteiger partial charge on any atom is -0.294 e. The van der Waals surface area contributed by atoms with E-state index in [2.05, 4.69) is 34.1 Å². The van der Waals surface area contributed by atoms with E-state index in [0.717, 1.165) is 15.6 Å². The maximum Gasteiger partial charge on any atom is 0.169 e. The molecule has 0 aliphatic rings. The Labute approximate surface area is 94.9 Å². The number of rotatable bonds is 2. The van der Waals surface area contributed by atoms with E-state index in [0.29, 0.717) is 0 Å². The van der Waals surface area contributed by atoms with E-state index in [1.54, 1.807) is 18.3 Å². The molecule has 1 heterocycles. The van der Waals surface area contributed by atoms with E-state index in [-0.39, 0.29) is 5.78 Å². The van der Waals surface area contributed by atoms with Crippen molar-refractivity contribution in [2.24, 2.45) is 0 Å². The van der Waals surface area contributed by atoms with Crippen molar-refractivity contribution in [2.75, 3.05) is 0 Å². The van der Waals surface area contributed by atoms with Gasteiger partial charge in [0, 0.05) is 10.0 Å². The molecule has 0 spiro atoms. The molecule has 0 N–H and O–H groups in total. The Morgan fingerprint density at radius 2 is 2.21 bits per heavy atom. The van der Waals surface area contributed by atoms with Gasteiger partial charge in [0.2, 0.25) is 0 Å². The minimum absolute atomic E-state index is 0.145. The number of benzene rings is 1. The molecule has 0 aliphatic heterocycles. The highest BCUT2D eigenvalue weighted by Crippen LogP contribution is 2.27. The van der Waals surface area contributed by atoms with Gasteiger partial charge in [-0.25, -0.2) is 0 Å². The molecule has 1 aromatic carbocycles. The van der Waals surface area contributed by atoms with Crippen LogP contribution in [0, 0.1) is 0 Å². The summed E-state index contributed by atoms with van der Waals surface area (Å²) < 4.78 is 1.18. The van der Waals surface area contributed by atoms with Gasteiger partial charge in [-0.05, 0) is 36.1 Å². The summed E-state index contributed by atoms with van der Waals surface area (Å²) in [5.41, 5.74) is 1.24. The van der Waals surface area contributed by atoms with Crippen LogP contribution in [0.2, 0.25) is 0 Å². The van der Waals surface area contributed by atoms with E-state index in [1.165, 1.54) is 10.3 Å². The molecule has 0 fully saturated rings. The molecule has 0 atom stereocenters. The van der Waals surface area contributed by atoms with Crippen molar-refractivity contribution < 1.29 is 4.79 Å². The zero-order valence-electron chi connectivity index (χ0n) is 7.71. The summed E-state index contributed by atoms with van der Waals surface area (Å²) in [5, 5.41) is 2.02. The molecule has 0 saturated heterocycles. The summed E-state index contributed by atoms with van der Waals surface area (Å²) in [6.45, 7) is 1.61. The van der Waals surface area contributed by atoms with Gasteiger partial charge >= 0.3 is 0 Å². The lowest BCUT2D eigenvalue weighted by Gasteiger charge is -1.93. The van der Waals surface area contributed by atoms with Crippen molar-refractivity contribution in [1.82, 2.24) is 0 Å². The topological polar surface area (TPSA) is 17.1 Å². The third-order valence-corrected chi connectivity index (χ3v) is 3.95. The van der Waals surface area contributed by atoms with Crippen LogP contribution in [0.25, 0.3) is 10.1 Å². The quantitative estimate of drug-likeness (QED) is 0.595. The molecule has 1 aromatic heterocycles. The molecule has 0 aliphatic carbocycles. The second-order valence-corrected chi connectivity index (χ2v) is 4.82. The highest BCUT2D eigenvalue weighted by Gasteiger charge is 2.05. The maximum atomic E-state index is 11.2. The van der Waals surface area contributed by atoms with Crippen LogP contribution in [-0.4, -0.2) is 5.78 Å². The highest BCUT2D eigenvalue weighted by atomic mass is 79.9. The first-order valence-electron chi connectivity index (χ1n) is 4.30. The predicted octanol–water partition coefficient (Wildman–Crippen LogP) is 4.00. The van der Waals surface area contributed by atoms with Gasteiger partial charge in [-0.15, -0.1) is 11.3 Å². The molecular weight excluding hydrogens is 260 g/mol. The Bertz CT molecular complexity index is 487. The monoisotopic (exact) mass is 268 g/mol. The van der Waals surface area contributed by atoms with Crippen LogP contribution in [0.15, 0.2) is 24.3 Å². The number of Topliss-reactive ketones (excluding diaryl/α,β-unsaturated/α-hetero) is 1. The second kappa shape index (κ2) is 3.83. The van der Waals surface area contributed by atoms with Crippen LogP contribution >= 0.6 is 27.3 Å². The summed E-state index contributed by atoms with van der Waals surface area (Å²) >= 11 is 4.98. The summed E-state index contributed by atoms with van der Waals surface area (Å²) in [6, 6.07) is 8.24. The van der Waals surface area contributed by atoms with Gasteiger partial charge in [0.25, 0.3) is 0 Å². The van der Waals surface area contributed by atoms with E-state index in [1.807, 2.05) is 6.07 Å². The van der Waals surface area contributed by atoms with Gasteiger partial charge in [0.1, 0.15) is 0 Å². The largest absolute Gasteiger partial charge is 0.294 e. The zero-order valence-corrected chi connectivity index (χ0v) is 10.1. The van der Waals surface area contributed by atoms with E-state index in [9.17, 15) is 4.79 Å². The van der Waals surface area contributed by atoms with Crippen LogP contribution in [0.4, 0.5) is 0 Å². The number of thiophene rings is 1. The number of ketones is 1. The number of alkyl halides is 1. The van der Waals surface area contributed by atoms with Crippen LogP contribution in [-0.2, 0) is 5.33 Å². The Balaban J connectivity index is 2.60. The molecule has 0 unspecified atom stereocenters. The van der Waals surface area contributed by atoms with Crippen molar-refractivity contribution in [1.29, 1.82) is 0 Å². The third-order valence-electron chi connectivity index (χ3n) is 2.08. The number of hydrogen-bond donors (Lipinski definition) is 0. The normalized spacial score (nSPS) is 10.7. The molecule has 14 heavy (non-hydrogen) atoms. The fourth-order valence-electron chi connectivity index (χ4n) is 1.35. The Hall–Kier alpha value is -0.670. The Kier molecular flexibility index (Phi) is 2.70. The first kappa shape index (κ1) is 9.87. The van der Waals surface area contributed by atoms with Crippen LogP contribution < -0.4 is 0 Å². The van der Waals surface area contributed by atoms with Crippen molar-refractivity contribution in [3.05, 3.63) is 34.7 Å². The summed E-state index contributed by atoms with van der Waals surface area (Å²) in [7, 11) is 0. The molecule has 0 saturated carbocycles. The van der Waals surface area contributed by atoms with Gasteiger partial charge in [-0.3, -0.25) is 4.79 Å². The van der Waals surface area contributed by atoms with Crippen LogP contribution in [0.3, 0.4) is 0 Å². The number of hydrogen-bond acceptors (Lipinski definition) is 2. The molecule has 72 valence electrons. The molecule has 0 amide bonds. The Morgan fingerprint density at radius 3 is 2.86 bits per heavy atom. The number of halogens is 1. The Morgan fingerprint density at radius 1 is 1.43 bits per heavy atom. The summed E-state index contributed by atoms with van der Waals surface area (Å²) in [4.78, 5) is 12.0. The lowest BCUT2D eigenvalue weighted by Crippen LogP contribution is -1.83. The van der Waals surface area contributed by atoms with E-state index >= 15 is 0 Å². The van der Waals surface area contributed by atoms with Crippen molar-refractivity contribution in [3.8, 4) is 0 Å². The van der Waals surface area contributed by atoms with Crippen LogP contribution in [0.5, 0.6) is 0 Å². The first-order chi connectivity index (χ1) is 6.70. The molecule has 2 aromatic rings. The molecular formula is C11H9BrOS. The lowest BCUT2D eigenvalue weighted by atomic mass is 10.2. The molecule has 3 heteroatoms. The number of carbonyl (C=O) groups excluding carboxylic acids is 1. The van der Waals surface area contributed by atoms with Crippen LogP contribution in [0.1, 0.15) is 22.2 Å².